The lowest BCUT2D eigenvalue weighted by Crippen LogP contribution is -2.34. The second-order valence-electron chi connectivity index (χ2n) is 3.87. The van der Waals surface area contributed by atoms with Gasteiger partial charge in [0.15, 0.2) is 0 Å². The van der Waals surface area contributed by atoms with E-state index in [0.717, 1.165) is 0 Å². The summed E-state index contributed by atoms with van der Waals surface area (Å²) in [6.45, 7) is 3.95. The molecule has 0 fully saturated rings. The fourth-order valence-electron chi connectivity index (χ4n) is 1.44. The molecule has 0 radical (unpaired) electrons. The van der Waals surface area contributed by atoms with Crippen LogP contribution in [0.25, 0.3) is 0 Å². The van der Waals surface area contributed by atoms with Crippen LogP contribution in [0.4, 0.5) is 11.4 Å². The summed E-state index contributed by atoms with van der Waals surface area (Å²) in [5.74, 6) is -0.0678. The number of anilines is 1. The van der Waals surface area contributed by atoms with Gasteiger partial charge in [-0.05, 0) is 25.5 Å². The summed E-state index contributed by atoms with van der Waals surface area (Å²) in [5.41, 5.74) is 5.45. The number of nitro benzene ring substituents is 1. The standard InChI is InChI=1S/C12H17N3O4/c1-3-9(13)12(16)14-10-6-5-8(19-4-2)7-11(10)15(17)18/h5-7,9H,3-4,13H2,1-2H3,(H,14,16). The number of hydrogen-bond donors (Lipinski definition) is 2. The average Bonchev–Trinajstić information content (AvgIpc) is 2.39. The molecule has 104 valence electrons. The van der Waals surface area contributed by atoms with Gasteiger partial charge in [-0.15, -0.1) is 0 Å². The van der Waals surface area contributed by atoms with Crippen molar-refractivity contribution in [1.82, 2.24) is 0 Å². The Labute approximate surface area is 110 Å². The maximum absolute atomic E-state index is 11.6. The molecule has 1 aromatic rings. The second-order valence-corrected chi connectivity index (χ2v) is 3.87. The number of nitro groups is 1. The second kappa shape index (κ2) is 6.69. The maximum atomic E-state index is 11.6. The van der Waals surface area contributed by atoms with E-state index in [1.807, 2.05) is 0 Å². The first kappa shape index (κ1) is 14.9. The highest BCUT2D eigenvalue weighted by molar-refractivity contribution is 5.96. The van der Waals surface area contributed by atoms with Crippen LogP contribution in [0.1, 0.15) is 20.3 Å². The fraction of sp³-hybridized carbons (Fsp3) is 0.417. The largest absolute Gasteiger partial charge is 0.494 e. The molecule has 19 heavy (non-hydrogen) atoms. The number of benzene rings is 1. The van der Waals surface area contributed by atoms with Crippen molar-refractivity contribution in [1.29, 1.82) is 0 Å². The van der Waals surface area contributed by atoms with Crippen LogP contribution < -0.4 is 15.8 Å². The zero-order valence-corrected chi connectivity index (χ0v) is 10.9. The van der Waals surface area contributed by atoms with Gasteiger partial charge in [0.1, 0.15) is 11.4 Å². The summed E-state index contributed by atoms with van der Waals surface area (Å²) in [6.07, 6.45) is 0.455. The minimum absolute atomic E-state index is 0.113. The van der Waals surface area contributed by atoms with Gasteiger partial charge in [0.25, 0.3) is 5.69 Å². The number of carbonyl (C=O) groups is 1. The molecule has 0 saturated carbocycles. The molecule has 1 unspecified atom stereocenters. The molecule has 0 spiro atoms. The third kappa shape index (κ3) is 3.92. The van der Waals surface area contributed by atoms with Gasteiger partial charge in [-0.1, -0.05) is 6.92 Å². The van der Waals surface area contributed by atoms with Gasteiger partial charge >= 0.3 is 0 Å². The van der Waals surface area contributed by atoms with Crippen molar-refractivity contribution in [2.45, 2.75) is 26.3 Å². The molecule has 7 nitrogen and oxygen atoms in total. The predicted octanol–water partition coefficient (Wildman–Crippen LogP) is 1.67. The lowest BCUT2D eigenvalue weighted by molar-refractivity contribution is -0.384. The van der Waals surface area contributed by atoms with Gasteiger partial charge in [-0.25, -0.2) is 0 Å². The number of rotatable bonds is 6. The monoisotopic (exact) mass is 267 g/mol. The van der Waals surface area contributed by atoms with Crippen LogP contribution in [0, 0.1) is 10.1 Å². The van der Waals surface area contributed by atoms with E-state index in [0.29, 0.717) is 18.8 Å². The molecule has 0 heterocycles. The zero-order valence-electron chi connectivity index (χ0n) is 10.9. The van der Waals surface area contributed by atoms with Gasteiger partial charge in [-0.2, -0.15) is 0 Å². The van der Waals surface area contributed by atoms with Gasteiger partial charge in [-0.3, -0.25) is 14.9 Å². The van der Waals surface area contributed by atoms with Crippen LogP contribution in [-0.2, 0) is 4.79 Å². The van der Waals surface area contributed by atoms with E-state index in [2.05, 4.69) is 5.32 Å². The number of nitrogens with zero attached hydrogens (tertiary/aromatic N) is 1. The summed E-state index contributed by atoms with van der Waals surface area (Å²) in [4.78, 5) is 22.0. The van der Waals surface area contributed by atoms with E-state index in [1.165, 1.54) is 12.1 Å². The first-order valence-corrected chi connectivity index (χ1v) is 5.97. The summed E-state index contributed by atoms with van der Waals surface area (Å²) in [6, 6.07) is 3.58. The smallest absolute Gasteiger partial charge is 0.296 e. The fourth-order valence-corrected chi connectivity index (χ4v) is 1.44. The molecule has 1 atom stereocenters. The molecule has 3 N–H and O–H groups in total. The first-order valence-electron chi connectivity index (χ1n) is 5.97. The normalized spacial score (nSPS) is 11.7. The Morgan fingerprint density at radius 2 is 2.21 bits per heavy atom. The highest BCUT2D eigenvalue weighted by Crippen LogP contribution is 2.29. The topological polar surface area (TPSA) is 107 Å². The number of nitrogens with two attached hydrogens (primary N) is 1. The summed E-state index contributed by atoms with van der Waals surface area (Å²) >= 11 is 0. The third-order valence-electron chi connectivity index (χ3n) is 2.51. The SMILES string of the molecule is CCOc1ccc(NC(=O)C(N)CC)c([N+](=O)[O-])c1. The molecule has 0 aliphatic carbocycles. The van der Waals surface area contributed by atoms with Gasteiger partial charge in [0.05, 0.1) is 23.6 Å². The van der Waals surface area contributed by atoms with Crippen molar-refractivity contribution in [3.63, 3.8) is 0 Å². The Morgan fingerprint density at radius 3 is 2.74 bits per heavy atom. The van der Waals surface area contributed by atoms with Gasteiger partial charge < -0.3 is 15.8 Å². The van der Waals surface area contributed by atoms with E-state index in [-0.39, 0.29) is 11.4 Å². The van der Waals surface area contributed by atoms with E-state index in [4.69, 9.17) is 10.5 Å². The lowest BCUT2D eigenvalue weighted by atomic mass is 10.2. The summed E-state index contributed by atoms with van der Waals surface area (Å²) in [7, 11) is 0. The Bertz CT molecular complexity index is 476. The van der Waals surface area contributed by atoms with Crippen molar-refractivity contribution in [2.75, 3.05) is 11.9 Å². The van der Waals surface area contributed by atoms with Crippen LogP contribution >= 0.6 is 0 Å². The Hall–Kier alpha value is -2.15. The minimum atomic E-state index is -0.689. The number of ether oxygens (including phenoxy) is 1. The van der Waals surface area contributed by atoms with E-state index in [1.54, 1.807) is 19.9 Å². The molecule has 0 saturated heterocycles. The van der Waals surface area contributed by atoms with Gasteiger partial charge in [0, 0.05) is 0 Å². The van der Waals surface area contributed by atoms with Crippen LogP contribution in [0.5, 0.6) is 5.75 Å². The van der Waals surface area contributed by atoms with Crippen LogP contribution in [0.3, 0.4) is 0 Å². The number of nitrogens with one attached hydrogen (secondary N) is 1. The Morgan fingerprint density at radius 1 is 1.53 bits per heavy atom. The Kier molecular flexibility index (Phi) is 5.25. The van der Waals surface area contributed by atoms with E-state index < -0.39 is 16.9 Å². The van der Waals surface area contributed by atoms with Gasteiger partial charge in [0.2, 0.25) is 5.91 Å². The maximum Gasteiger partial charge on any atom is 0.296 e. The van der Waals surface area contributed by atoms with Crippen molar-refractivity contribution < 1.29 is 14.5 Å². The molecule has 7 heteroatoms. The van der Waals surface area contributed by atoms with E-state index in [9.17, 15) is 14.9 Å². The lowest BCUT2D eigenvalue weighted by Gasteiger charge is -2.11. The molecule has 0 aliphatic heterocycles. The summed E-state index contributed by atoms with van der Waals surface area (Å²) in [5, 5.41) is 13.4. The highest BCUT2D eigenvalue weighted by atomic mass is 16.6. The average molecular weight is 267 g/mol. The number of amides is 1. The van der Waals surface area contributed by atoms with Crippen LogP contribution in [-0.4, -0.2) is 23.5 Å². The number of hydrogen-bond acceptors (Lipinski definition) is 5. The first-order chi connectivity index (χ1) is 8.99. The molecule has 1 amide bonds. The van der Waals surface area contributed by atoms with Crippen molar-refractivity contribution in [3.05, 3.63) is 28.3 Å². The number of carbonyl (C=O) groups excluding carboxylic acids is 1. The van der Waals surface area contributed by atoms with Crippen molar-refractivity contribution in [3.8, 4) is 5.75 Å². The third-order valence-corrected chi connectivity index (χ3v) is 2.51. The quantitative estimate of drug-likeness (QED) is 0.602. The molecule has 0 bridgehead atoms. The summed E-state index contributed by atoms with van der Waals surface area (Å²) < 4.78 is 5.18. The zero-order chi connectivity index (χ0) is 14.4. The predicted molar refractivity (Wildman–Crippen MR) is 71.2 cm³/mol. The molecule has 1 aromatic carbocycles. The minimum Gasteiger partial charge on any atom is -0.494 e. The van der Waals surface area contributed by atoms with Crippen LogP contribution in [0.15, 0.2) is 18.2 Å². The molecule has 0 aliphatic rings. The van der Waals surface area contributed by atoms with Crippen LogP contribution in [0.2, 0.25) is 0 Å². The molecule has 0 aromatic heterocycles. The Balaban J connectivity index is 3.00. The molecular formula is C12H17N3O4. The van der Waals surface area contributed by atoms with Crippen molar-refractivity contribution >= 4 is 17.3 Å². The molecule has 1 rings (SSSR count). The molecular weight excluding hydrogens is 250 g/mol. The highest BCUT2D eigenvalue weighted by Gasteiger charge is 2.19. The van der Waals surface area contributed by atoms with Crippen molar-refractivity contribution in [2.24, 2.45) is 5.73 Å². The van der Waals surface area contributed by atoms with E-state index >= 15 is 0 Å².